The van der Waals surface area contributed by atoms with Crippen molar-refractivity contribution in [2.45, 2.75) is 5.92 Å². The first-order valence-corrected chi connectivity index (χ1v) is 4.85. The second-order valence-corrected chi connectivity index (χ2v) is 3.72. The molecule has 15 heavy (non-hydrogen) atoms. The zero-order valence-electron chi connectivity index (χ0n) is 9.40. The van der Waals surface area contributed by atoms with E-state index < -0.39 is 0 Å². The fourth-order valence-corrected chi connectivity index (χ4v) is 1.44. The van der Waals surface area contributed by atoms with Gasteiger partial charge in [-0.05, 0) is 31.8 Å². The molecule has 1 aromatic carbocycles. The van der Waals surface area contributed by atoms with E-state index in [-0.39, 0.29) is 5.92 Å². The van der Waals surface area contributed by atoms with Crippen LogP contribution < -0.4 is 4.74 Å². The summed E-state index contributed by atoms with van der Waals surface area (Å²) >= 11 is 0. The molecule has 0 radical (unpaired) electrons. The first kappa shape index (κ1) is 11.5. The van der Waals surface area contributed by atoms with Crippen LogP contribution in [-0.4, -0.2) is 32.6 Å². The van der Waals surface area contributed by atoms with Gasteiger partial charge in [0.15, 0.2) is 0 Å². The third kappa shape index (κ3) is 3.26. The standard InChI is InChI=1S/C12H16N2O/c1-14(2)9-11(8-13)10-5-4-6-12(7-10)15-3/h4-7,11H,9H2,1-3H3. The summed E-state index contributed by atoms with van der Waals surface area (Å²) in [5, 5.41) is 9.07. The van der Waals surface area contributed by atoms with Gasteiger partial charge in [0.1, 0.15) is 5.75 Å². The number of hydrogen-bond acceptors (Lipinski definition) is 3. The number of hydrogen-bond donors (Lipinski definition) is 0. The molecule has 0 spiro atoms. The molecule has 1 aromatic rings. The van der Waals surface area contributed by atoms with Crippen molar-refractivity contribution in [1.29, 1.82) is 5.26 Å². The second-order valence-electron chi connectivity index (χ2n) is 3.72. The second kappa shape index (κ2) is 5.38. The molecule has 1 unspecified atom stereocenters. The molecule has 0 heterocycles. The number of nitrogens with zero attached hydrogens (tertiary/aromatic N) is 2. The smallest absolute Gasteiger partial charge is 0.119 e. The van der Waals surface area contributed by atoms with E-state index in [4.69, 9.17) is 10.00 Å². The quantitative estimate of drug-likeness (QED) is 0.751. The van der Waals surface area contributed by atoms with Crippen molar-refractivity contribution in [2.24, 2.45) is 0 Å². The van der Waals surface area contributed by atoms with Crippen LogP contribution in [0, 0.1) is 11.3 Å². The highest BCUT2D eigenvalue weighted by molar-refractivity contribution is 5.33. The van der Waals surface area contributed by atoms with Crippen LogP contribution in [0.3, 0.4) is 0 Å². The van der Waals surface area contributed by atoms with E-state index in [2.05, 4.69) is 6.07 Å². The maximum Gasteiger partial charge on any atom is 0.119 e. The third-order valence-corrected chi connectivity index (χ3v) is 2.20. The molecule has 0 fully saturated rings. The van der Waals surface area contributed by atoms with Crippen LogP contribution in [-0.2, 0) is 0 Å². The lowest BCUT2D eigenvalue weighted by Crippen LogP contribution is -2.19. The summed E-state index contributed by atoms with van der Waals surface area (Å²) < 4.78 is 5.13. The Bertz CT molecular complexity index is 355. The molecule has 0 aliphatic carbocycles. The van der Waals surface area contributed by atoms with Crippen LogP contribution in [0.4, 0.5) is 0 Å². The fraction of sp³-hybridized carbons (Fsp3) is 0.417. The van der Waals surface area contributed by atoms with Gasteiger partial charge in [-0.2, -0.15) is 5.26 Å². The normalized spacial score (nSPS) is 12.2. The molecule has 0 aliphatic heterocycles. The maximum atomic E-state index is 9.07. The number of nitriles is 1. The highest BCUT2D eigenvalue weighted by Gasteiger charge is 2.11. The number of likely N-dealkylation sites (N-methyl/N-ethyl adjacent to an activating group) is 1. The van der Waals surface area contributed by atoms with Gasteiger partial charge < -0.3 is 9.64 Å². The van der Waals surface area contributed by atoms with Gasteiger partial charge in [0.05, 0.1) is 19.1 Å². The van der Waals surface area contributed by atoms with E-state index in [9.17, 15) is 0 Å². The van der Waals surface area contributed by atoms with E-state index in [1.165, 1.54) is 0 Å². The Morgan fingerprint density at radius 1 is 1.47 bits per heavy atom. The van der Waals surface area contributed by atoms with Gasteiger partial charge in [0.2, 0.25) is 0 Å². The van der Waals surface area contributed by atoms with E-state index in [0.717, 1.165) is 17.9 Å². The van der Waals surface area contributed by atoms with E-state index >= 15 is 0 Å². The average Bonchev–Trinajstić information content (AvgIpc) is 2.25. The van der Waals surface area contributed by atoms with Gasteiger partial charge in [0.25, 0.3) is 0 Å². The monoisotopic (exact) mass is 204 g/mol. The number of methoxy groups -OCH3 is 1. The third-order valence-electron chi connectivity index (χ3n) is 2.20. The summed E-state index contributed by atoms with van der Waals surface area (Å²) in [7, 11) is 5.56. The molecule has 0 N–H and O–H groups in total. The molecule has 0 aliphatic rings. The fourth-order valence-electron chi connectivity index (χ4n) is 1.44. The minimum Gasteiger partial charge on any atom is -0.497 e. The van der Waals surface area contributed by atoms with E-state index in [1.54, 1.807) is 7.11 Å². The molecule has 0 aromatic heterocycles. The van der Waals surface area contributed by atoms with Crippen molar-refractivity contribution in [3.63, 3.8) is 0 Å². The van der Waals surface area contributed by atoms with Crippen molar-refractivity contribution in [1.82, 2.24) is 4.90 Å². The Balaban J connectivity index is 2.87. The van der Waals surface area contributed by atoms with Crippen molar-refractivity contribution in [2.75, 3.05) is 27.7 Å². The number of rotatable bonds is 4. The predicted molar refractivity (Wildman–Crippen MR) is 59.9 cm³/mol. The Morgan fingerprint density at radius 3 is 2.73 bits per heavy atom. The zero-order chi connectivity index (χ0) is 11.3. The lowest BCUT2D eigenvalue weighted by molar-refractivity contribution is 0.395. The molecule has 0 bridgehead atoms. The summed E-state index contributed by atoms with van der Waals surface area (Å²) in [6.07, 6.45) is 0. The summed E-state index contributed by atoms with van der Waals surface area (Å²) in [6, 6.07) is 9.97. The first-order valence-electron chi connectivity index (χ1n) is 4.85. The van der Waals surface area contributed by atoms with Crippen molar-refractivity contribution < 1.29 is 4.74 Å². The topological polar surface area (TPSA) is 36.3 Å². The lowest BCUT2D eigenvalue weighted by atomic mass is 10.00. The molecular formula is C12H16N2O. The lowest BCUT2D eigenvalue weighted by Gasteiger charge is -2.15. The van der Waals surface area contributed by atoms with Crippen LogP contribution >= 0.6 is 0 Å². The van der Waals surface area contributed by atoms with E-state index in [1.807, 2.05) is 43.3 Å². The minimum atomic E-state index is -0.102. The van der Waals surface area contributed by atoms with Crippen LogP contribution in [0.2, 0.25) is 0 Å². The predicted octanol–water partition coefficient (Wildman–Crippen LogP) is 1.86. The molecule has 80 valence electrons. The summed E-state index contributed by atoms with van der Waals surface area (Å²) in [4.78, 5) is 2.01. The van der Waals surface area contributed by atoms with Crippen molar-refractivity contribution >= 4 is 0 Å². The molecule has 0 saturated carbocycles. The molecule has 3 heteroatoms. The largest absolute Gasteiger partial charge is 0.497 e. The molecular weight excluding hydrogens is 188 g/mol. The van der Waals surface area contributed by atoms with Crippen LogP contribution in [0.5, 0.6) is 5.75 Å². The SMILES string of the molecule is COc1cccc(C(C#N)CN(C)C)c1. The highest BCUT2D eigenvalue weighted by Crippen LogP contribution is 2.20. The van der Waals surface area contributed by atoms with Gasteiger partial charge in [-0.1, -0.05) is 12.1 Å². The Kier molecular flexibility index (Phi) is 4.14. The van der Waals surface area contributed by atoms with Gasteiger partial charge in [0, 0.05) is 6.54 Å². The van der Waals surface area contributed by atoms with Crippen molar-refractivity contribution in [3.05, 3.63) is 29.8 Å². The molecule has 0 saturated heterocycles. The molecule has 1 atom stereocenters. The average molecular weight is 204 g/mol. The number of ether oxygens (including phenoxy) is 1. The molecule has 0 amide bonds. The summed E-state index contributed by atoms with van der Waals surface area (Å²) in [5.74, 6) is 0.696. The van der Waals surface area contributed by atoms with Gasteiger partial charge >= 0.3 is 0 Å². The van der Waals surface area contributed by atoms with Crippen LogP contribution in [0.15, 0.2) is 24.3 Å². The minimum absolute atomic E-state index is 0.102. The van der Waals surface area contributed by atoms with Crippen LogP contribution in [0.1, 0.15) is 11.5 Å². The van der Waals surface area contributed by atoms with Crippen LogP contribution in [0.25, 0.3) is 0 Å². The summed E-state index contributed by atoms with van der Waals surface area (Å²) in [5.41, 5.74) is 1.01. The number of benzene rings is 1. The molecule has 3 nitrogen and oxygen atoms in total. The Morgan fingerprint density at radius 2 is 2.20 bits per heavy atom. The van der Waals surface area contributed by atoms with Gasteiger partial charge in [-0.3, -0.25) is 0 Å². The highest BCUT2D eigenvalue weighted by atomic mass is 16.5. The zero-order valence-corrected chi connectivity index (χ0v) is 9.40. The van der Waals surface area contributed by atoms with Gasteiger partial charge in [-0.25, -0.2) is 0 Å². The molecule has 1 rings (SSSR count). The van der Waals surface area contributed by atoms with Gasteiger partial charge in [-0.15, -0.1) is 0 Å². The Hall–Kier alpha value is -1.53. The first-order chi connectivity index (χ1) is 7.17. The maximum absolute atomic E-state index is 9.07. The Labute approximate surface area is 90.9 Å². The van der Waals surface area contributed by atoms with Crippen molar-refractivity contribution in [3.8, 4) is 11.8 Å². The summed E-state index contributed by atoms with van der Waals surface area (Å²) in [6.45, 7) is 0.726. The van der Waals surface area contributed by atoms with E-state index in [0.29, 0.717) is 0 Å².